The molecule has 144 valence electrons. The Morgan fingerprint density at radius 3 is 2.56 bits per heavy atom. The lowest BCUT2D eigenvalue weighted by Gasteiger charge is -2.30. The molecule has 2 aromatic carbocycles. The number of fused-ring (bicyclic) bond motifs is 1. The van der Waals surface area contributed by atoms with Gasteiger partial charge in [-0.3, -0.25) is 4.79 Å². The van der Waals surface area contributed by atoms with Gasteiger partial charge in [-0.15, -0.1) is 0 Å². The molecule has 1 heterocycles. The Hall–Kier alpha value is -2.13. The van der Waals surface area contributed by atoms with Gasteiger partial charge in [0.2, 0.25) is 10.0 Å². The highest BCUT2D eigenvalue weighted by molar-refractivity contribution is 7.89. The van der Waals surface area contributed by atoms with Crippen LogP contribution in [0.2, 0.25) is 5.02 Å². The summed E-state index contributed by atoms with van der Waals surface area (Å²) < 4.78 is 32.6. The number of carbonyl (C=O) groups excluding carboxylic acids is 1. The van der Waals surface area contributed by atoms with Crippen molar-refractivity contribution in [3.8, 4) is 0 Å². The molecule has 1 aliphatic rings. The lowest BCUT2D eigenvalue weighted by molar-refractivity contribution is -0.123. The molecule has 3 atom stereocenters. The summed E-state index contributed by atoms with van der Waals surface area (Å²) in [5.74, 6) is -0.519. The lowest BCUT2D eigenvalue weighted by atomic mass is 10.0. The third-order valence-electron chi connectivity index (χ3n) is 4.30. The molecular formula is C18H20ClN3O4S. The van der Waals surface area contributed by atoms with Crippen LogP contribution in [0, 0.1) is 0 Å². The predicted octanol–water partition coefficient (Wildman–Crippen LogP) is 2.26. The van der Waals surface area contributed by atoms with Crippen molar-refractivity contribution in [2.45, 2.75) is 30.1 Å². The molecular weight excluding hydrogens is 390 g/mol. The number of sulfonamides is 1. The molecule has 0 saturated heterocycles. The smallest absolute Gasteiger partial charge is 0.258 e. The third kappa shape index (κ3) is 4.08. The van der Waals surface area contributed by atoms with E-state index in [1.165, 1.54) is 13.2 Å². The molecule has 0 bridgehead atoms. The van der Waals surface area contributed by atoms with Crippen LogP contribution in [0.15, 0.2) is 53.4 Å². The Kier molecular flexibility index (Phi) is 5.71. The fourth-order valence-electron chi connectivity index (χ4n) is 3.03. The average molecular weight is 410 g/mol. The number of para-hydroxylation sites is 1. The third-order valence-corrected chi connectivity index (χ3v) is 6.13. The van der Waals surface area contributed by atoms with Crippen LogP contribution < -0.4 is 15.4 Å². The van der Waals surface area contributed by atoms with Crippen LogP contribution in [0.4, 0.5) is 5.69 Å². The standard InChI is InChI=1S/C18H20ClN3O4S/c1-11(16(26-2)12-7-3-4-8-13(12)19)20-18(23)17-21-14-9-5-6-10-15(14)27(24,25)22-17/h3-11,16-17,21-22H,1-2H3,(H,20,23). The molecule has 1 amide bonds. The fourth-order valence-corrected chi connectivity index (χ4v) is 4.55. The van der Waals surface area contributed by atoms with E-state index in [1.54, 1.807) is 37.3 Å². The van der Waals surface area contributed by atoms with Crippen molar-refractivity contribution in [3.05, 3.63) is 59.1 Å². The van der Waals surface area contributed by atoms with Crippen molar-refractivity contribution in [1.29, 1.82) is 0 Å². The minimum absolute atomic E-state index is 0.105. The molecule has 9 heteroatoms. The van der Waals surface area contributed by atoms with Crippen LogP contribution in [-0.4, -0.2) is 33.6 Å². The highest BCUT2D eigenvalue weighted by atomic mass is 35.5. The van der Waals surface area contributed by atoms with Crippen molar-refractivity contribution < 1.29 is 17.9 Å². The van der Waals surface area contributed by atoms with Crippen molar-refractivity contribution in [2.24, 2.45) is 0 Å². The molecule has 0 radical (unpaired) electrons. The van der Waals surface area contributed by atoms with E-state index in [9.17, 15) is 13.2 Å². The van der Waals surface area contributed by atoms with Gasteiger partial charge in [0.1, 0.15) is 11.0 Å². The van der Waals surface area contributed by atoms with Gasteiger partial charge in [-0.2, -0.15) is 4.72 Å². The summed E-state index contributed by atoms with van der Waals surface area (Å²) in [5.41, 5.74) is 1.11. The van der Waals surface area contributed by atoms with Gasteiger partial charge in [-0.25, -0.2) is 8.42 Å². The first-order valence-corrected chi connectivity index (χ1v) is 10.1. The van der Waals surface area contributed by atoms with Crippen molar-refractivity contribution in [3.63, 3.8) is 0 Å². The first-order valence-electron chi connectivity index (χ1n) is 8.29. The van der Waals surface area contributed by atoms with Gasteiger partial charge in [-0.05, 0) is 25.1 Å². The minimum atomic E-state index is -3.78. The number of halogens is 1. The number of hydrogen-bond acceptors (Lipinski definition) is 5. The molecule has 3 unspecified atom stereocenters. The molecule has 0 fully saturated rings. The van der Waals surface area contributed by atoms with E-state index in [4.69, 9.17) is 16.3 Å². The first kappa shape index (κ1) is 19.6. The number of carbonyl (C=O) groups is 1. The Balaban J connectivity index is 1.76. The fraction of sp³-hybridized carbons (Fsp3) is 0.278. The van der Waals surface area contributed by atoms with Gasteiger partial charge in [-0.1, -0.05) is 41.9 Å². The maximum Gasteiger partial charge on any atom is 0.258 e. The number of rotatable bonds is 5. The van der Waals surface area contributed by atoms with Gasteiger partial charge >= 0.3 is 0 Å². The molecule has 3 N–H and O–H groups in total. The number of anilines is 1. The number of ether oxygens (including phenoxy) is 1. The van der Waals surface area contributed by atoms with Gasteiger partial charge in [0.15, 0.2) is 6.17 Å². The van der Waals surface area contributed by atoms with Crippen LogP contribution in [0.1, 0.15) is 18.6 Å². The minimum Gasteiger partial charge on any atom is -0.375 e. The Labute approximate surface area is 163 Å². The first-order chi connectivity index (χ1) is 12.8. The summed E-state index contributed by atoms with van der Waals surface area (Å²) in [5, 5.41) is 6.20. The van der Waals surface area contributed by atoms with Crippen LogP contribution in [0.5, 0.6) is 0 Å². The van der Waals surface area contributed by atoms with Gasteiger partial charge < -0.3 is 15.4 Å². The summed E-state index contributed by atoms with van der Waals surface area (Å²) in [7, 11) is -2.26. The van der Waals surface area contributed by atoms with Crippen LogP contribution >= 0.6 is 11.6 Å². The Morgan fingerprint density at radius 1 is 1.19 bits per heavy atom. The van der Waals surface area contributed by atoms with Gasteiger partial charge in [0.05, 0.1) is 11.7 Å². The second-order valence-electron chi connectivity index (χ2n) is 6.17. The normalized spacial score (nSPS) is 20.0. The molecule has 1 aliphatic heterocycles. The van der Waals surface area contributed by atoms with E-state index in [2.05, 4.69) is 15.4 Å². The number of benzene rings is 2. The topological polar surface area (TPSA) is 96.5 Å². The van der Waals surface area contributed by atoms with E-state index < -0.39 is 34.2 Å². The van der Waals surface area contributed by atoms with E-state index in [-0.39, 0.29) is 4.90 Å². The number of nitrogens with one attached hydrogen (secondary N) is 3. The highest BCUT2D eigenvalue weighted by Crippen LogP contribution is 2.28. The van der Waals surface area contributed by atoms with Gasteiger partial charge in [0, 0.05) is 17.7 Å². The number of methoxy groups -OCH3 is 1. The largest absolute Gasteiger partial charge is 0.375 e. The van der Waals surface area contributed by atoms with Gasteiger partial charge in [0.25, 0.3) is 5.91 Å². The quantitative estimate of drug-likeness (QED) is 0.703. The van der Waals surface area contributed by atoms with E-state index in [0.29, 0.717) is 10.7 Å². The van der Waals surface area contributed by atoms with Crippen molar-refractivity contribution in [1.82, 2.24) is 10.0 Å². The molecule has 27 heavy (non-hydrogen) atoms. The number of hydrogen-bond donors (Lipinski definition) is 3. The molecule has 2 aromatic rings. The summed E-state index contributed by atoms with van der Waals surface area (Å²) in [6.07, 6.45) is -1.62. The molecule has 0 aromatic heterocycles. The highest BCUT2D eigenvalue weighted by Gasteiger charge is 2.34. The van der Waals surface area contributed by atoms with Crippen molar-refractivity contribution >= 4 is 33.2 Å². The Morgan fingerprint density at radius 2 is 1.85 bits per heavy atom. The van der Waals surface area contributed by atoms with Crippen LogP contribution in [-0.2, 0) is 19.6 Å². The van der Waals surface area contributed by atoms with E-state index in [1.807, 2.05) is 12.1 Å². The molecule has 3 rings (SSSR count). The zero-order valence-electron chi connectivity index (χ0n) is 14.8. The molecule has 0 spiro atoms. The van der Waals surface area contributed by atoms with Crippen molar-refractivity contribution in [2.75, 3.05) is 12.4 Å². The van der Waals surface area contributed by atoms with Crippen LogP contribution in [0.25, 0.3) is 0 Å². The summed E-state index contributed by atoms with van der Waals surface area (Å²) in [4.78, 5) is 12.8. The zero-order chi connectivity index (χ0) is 19.6. The summed E-state index contributed by atoms with van der Waals surface area (Å²) in [6, 6.07) is 13.1. The van der Waals surface area contributed by atoms with Crippen LogP contribution in [0.3, 0.4) is 0 Å². The molecule has 7 nitrogen and oxygen atoms in total. The SMILES string of the molecule is COC(c1ccccc1Cl)C(C)NC(=O)C1Nc2ccccc2S(=O)(=O)N1. The molecule has 0 aliphatic carbocycles. The summed E-state index contributed by atoms with van der Waals surface area (Å²) >= 11 is 6.22. The number of amides is 1. The maximum atomic E-state index is 12.7. The average Bonchev–Trinajstić information content (AvgIpc) is 2.63. The second-order valence-corrected chi connectivity index (χ2v) is 8.26. The maximum absolute atomic E-state index is 12.7. The summed E-state index contributed by atoms with van der Waals surface area (Å²) in [6.45, 7) is 1.76. The molecule has 0 saturated carbocycles. The monoisotopic (exact) mass is 409 g/mol. The second kappa shape index (κ2) is 7.85. The zero-order valence-corrected chi connectivity index (χ0v) is 16.3. The van der Waals surface area contributed by atoms with E-state index in [0.717, 1.165) is 5.56 Å². The van der Waals surface area contributed by atoms with E-state index >= 15 is 0 Å². The predicted molar refractivity (Wildman–Crippen MR) is 103 cm³/mol. The lowest BCUT2D eigenvalue weighted by Crippen LogP contribution is -2.55. The Bertz CT molecular complexity index is 951.